The number of unbranched alkanes of at least 4 members (excludes halogenated alkanes) is 2. The monoisotopic (exact) mass is 472 g/mol. The molecule has 5 N–H and O–H groups in total. The fraction of sp³-hybridized carbons (Fsp3) is 0.577. The van der Waals surface area contributed by atoms with Crippen molar-refractivity contribution in [1.82, 2.24) is 15.8 Å². The molecule has 1 aliphatic carbocycles. The average molecular weight is 473 g/mol. The van der Waals surface area contributed by atoms with Crippen molar-refractivity contribution in [3.63, 3.8) is 0 Å². The van der Waals surface area contributed by atoms with Crippen molar-refractivity contribution < 1.29 is 19.5 Å². The van der Waals surface area contributed by atoms with Crippen molar-refractivity contribution in [2.75, 3.05) is 13.6 Å². The number of nitrogens with zero attached hydrogens (tertiary/aromatic N) is 1. The second kappa shape index (κ2) is 17.8. The Labute approximate surface area is 203 Å². The van der Waals surface area contributed by atoms with Crippen LogP contribution in [0.5, 0.6) is 0 Å². The summed E-state index contributed by atoms with van der Waals surface area (Å²) in [7, 11) is 1.71. The summed E-state index contributed by atoms with van der Waals surface area (Å²) >= 11 is 0. The van der Waals surface area contributed by atoms with Crippen molar-refractivity contribution in [1.29, 1.82) is 0 Å². The van der Waals surface area contributed by atoms with Crippen LogP contribution in [0.1, 0.15) is 79.8 Å². The Bertz CT molecular complexity index is 798. The molecule has 1 aromatic rings. The van der Waals surface area contributed by atoms with Gasteiger partial charge in [0.1, 0.15) is 12.6 Å². The van der Waals surface area contributed by atoms with E-state index in [0.29, 0.717) is 43.6 Å². The minimum absolute atomic E-state index is 0.318. The van der Waals surface area contributed by atoms with Gasteiger partial charge < -0.3 is 21.0 Å². The molecule has 1 amide bonds. The van der Waals surface area contributed by atoms with Crippen molar-refractivity contribution in [2.24, 2.45) is 5.73 Å². The van der Waals surface area contributed by atoms with Crippen molar-refractivity contribution in [3.05, 3.63) is 34.9 Å². The summed E-state index contributed by atoms with van der Waals surface area (Å²) in [4.78, 5) is 31.3. The standard InChI is InChI=1S/C21H30N4O3.C5H10O/c1-25(24-15-27)13-18-11-16(5-6-17(18)14-26)3-2-4-21(28)12-23-20-9-7-19(22)8-10-20;1-2-3-4-5-6/h5-6,11,14-15,19-21,23,28H,4,7-10,12-13,22H2,1H3,(H,24,27);5H,2-4H2,1H3. The Kier molecular flexibility index (Phi) is 15.5. The predicted molar refractivity (Wildman–Crippen MR) is 134 cm³/mol. The number of benzene rings is 1. The zero-order chi connectivity index (χ0) is 25.2. The number of hydrogen-bond acceptors (Lipinski definition) is 7. The van der Waals surface area contributed by atoms with Crippen molar-refractivity contribution in [3.8, 4) is 11.8 Å². The van der Waals surface area contributed by atoms with E-state index in [9.17, 15) is 19.5 Å². The number of aldehydes is 2. The maximum absolute atomic E-state index is 11.2. The topological polar surface area (TPSA) is 125 Å². The Morgan fingerprint density at radius 2 is 1.97 bits per heavy atom. The number of rotatable bonds is 12. The van der Waals surface area contributed by atoms with Crippen LogP contribution in [0.25, 0.3) is 0 Å². The molecule has 188 valence electrons. The summed E-state index contributed by atoms with van der Waals surface area (Å²) in [5.41, 5.74) is 10.5. The van der Waals surface area contributed by atoms with Crippen LogP contribution in [0, 0.1) is 11.8 Å². The third-order valence-electron chi connectivity index (χ3n) is 5.61. The number of hydrogen-bond donors (Lipinski definition) is 4. The molecule has 1 aromatic carbocycles. The van der Waals surface area contributed by atoms with Crippen LogP contribution in [0.2, 0.25) is 0 Å². The van der Waals surface area contributed by atoms with Crippen LogP contribution in [-0.4, -0.2) is 60.9 Å². The van der Waals surface area contributed by atoms with Gasteiger partial charge >= 0.3 is 0 Å². The number of nitrogens with one attached hydrogen (secondary N) is 2. The summed E-state index contributed by atoms with van der Waals surface area (Å²) < 4.78 is 0. The zero-order valence-electron chi connectivity index (χ0n) is 20.5. The zero-order valence-corrected chi connectivity index (χ0v) is 20.5. The average Bonchev–Trinajstić information content (AvgIpc) is 2.83. The summed E-state index contributed by atoms with van der Waals surface area (Å²) in [5.74, 6) is 6.04. The summed E-state index contributed by atoms with van der Waals surface area (Å²) in [6, 6.07) is 6.07. The summed E-state index contributed by atoms with van der Waals surface area (Å²) in [6.07, 6.45) is 9.25. The van der Waals surface area contributed by atoms with Crippen LogP contribution in [0.3, 0.4) is 0 Å². The lowest BCUT2D eigenvalue weighted by Crippen LogP contribution is -2.40. The van der Waals surface area contributed by atoms with E-state index >= 15 is 0 Å². The Morgan fingerprint density at radius 1 is 1.24 bits per heavy atom. The van der Waals surface area contributed by atoms with E-state index in [1.807, 2.05) is 6.07 Å². The van der Waals surface area contributed by atoms with Gasteiger partial charge in [0.25, 0.3) is 0 Å². The Hall–Kier alpha value is -2.57. The molecule has 0 spiro atoms. The highest BCUT2D eigenvalue weighted by atomic mass is 16.3. The number of amides is 1. The molecular formula is C26H40N4O4. The molecule has 34 heavy (non-hydrogen) atoms. The lowest BCUT2D eigenvalue weighted by molar-refractivity contribution is -0.113. The van der Waals surface area contributed by atoms with E-state index in [2.05, 4.69) is 29.5 Å². The SMILES string of the molecule is CCCCC=O.CN(Cc1cc(C#CCC(O)CNC2CCC(N)CC2)ccc1C=O)NC=O. The minimum Gasteiger partial charge on any atom is -0.391 e. The maximum Gasteiger partial charge on any atom is 0.221 e. The van der Waals surface area contributed by atoms with Gasteiger partial charge in [0.2, 0.25) is 6.41 Å². The molecule has 0 saturated heterocycles. The highest BCUT2D eigenvalue weighted by Gasteiger charge is 2.18. The number of carbonyl (C=O) groups excluding carboxylic acids is 3. The van der Waals surface area contributed by atoms with Gasteiger partial charge in [0.05, 0.1) is 6.10 Å². The molecule has 1 saturated carbocycles. The van der Waals surface area contributed by atoms with Gasteiger partial charge in [-0.15, -0.1) is 0 Å². The van der Waals surface area contributed by atoms with Gasteiger partial charge in [-0.3, -0.25) is 15.0 Å². The molecule has 1 atom stereocenters. The molecule has 1 aliphatic rings. The number of carbonyl (C=O) groups is 3. The first-order valence-corrected chi connectivity index (χ1v) is 12.0. The van der Waals surface area contributed by atoms with Gasteiger partial charge in [-0.1, -0.05) is 31.3 Å². The maximum atomic E-state index is 11.2. The fourth-order valence-electron chi connectivity index (χ4n) is 3.58. The first-order chi connectivity index (χ1) is 16.4. The number of nitrogens with two attached hydrogens (primary N) is 1. The van der Waals surface area contributed by atoms with E-state index in [-0.39, 0.29) is 0 Å². The Morgan fingerprint density at radius 3 is 2.56 bits per heavy atom. The molecule has 1 unspecified atom stereocenters. The highest BCUT2D eigenvalue weighted by Crippen LogP contribution is 2.17. The molecule has 0 bridgehead atoms. The van der Waals surface area contributed by atoms with E-state index < -0.39 is 6.10 Å². The van der Waals surface area contributed by atoms with Crippen LogP contribution < -0.4 is 16.5 Å². The smallest absolute Gasteiger partial charge is 0.221 e. The molecular weight excluding hydrogens is 432 g/mol. The highest BCUT2D eigenvalue weighted by molar-refractivity contribution is 5.77. The van der Waals surface area contributed by atoms with E-state index in [4.69, 9.17) is 5.73 Å². The van der Waals surface area contributed by atoms with E-state index in [1.54, 1.807) is 24.2 Å². The number of aliphatic hydroxyl groups excluding tert-OH is 1. The van der Waals surface area contributed by atoms with Gasteiger partial charge in [-0.05, 0) is 49.8 Å². The molecule has 2 rings (SSSR count). The number of hydrazine groups is 1. The molecule has 1 fully saturated rings. The summed E-state index contributed by atoms with van der Waals surface area (Å²) in [6.45, 7) is 2.98. The third-order valence-corrected chi connectivity index (χ3v) is 5.61. The van der Waals surface area contributed by atoms with Crippen LogP contribution in [0.15, 0.2) is 18.2 Å². The predicted octanol–water partition coefficient (Wildman–Crippen LogP) is 1.93. The van der Waals surface area contributed by atoms with Gasteiger partial charge in [-0.2, -0.15) is 0 Å². The minimum atomic E-state index is -0.528. The number of aliphatic hydroxyl groups is 1. The molecule has 8 heteroatoms. The first kappa shape index (κ1) is 29.5. The normalized spacial score (nSPS) is 18.0. The molecule has 8 nitrogen and oxygen atoms in total. The lowest BCUT2D eigenvalue weighted by Gasteiger charge is -2.27. The first-order valence-electron chi connectivity index (χ1n) is 12.0. The second-order valence-corrected chi connectivity index (χ2v) is 8.62. The molecule has 0 radical (unpaired) electrons. The third kappa shape index (κ3) is 12.6. The van der Waals surface area contributed by atoms with Gasteiger partial charge in [0, 0.05) is 56.2 Å². The van der Waals surface area contributed by atoms with Crippen LogP contribution in [-0.2, 0) is 16.1 Å². The largest absolute Gasteiger partial charge is 0.391 e. The quantitative estimate of drug-likeness (QED) is 0.159. The second-order valence-electron chi connectivity index (χ2n) is 8.62. The molecule has 0 aromatic heterocycles. The van der Waals surface area contributed by atoms with Crippen molar-refractivity contribution in [2.45, 2.75) is 83.0 Å². The van der Waals surface area contributed by atoms with Crippen LogP contribution in [0.4, 0.5) is 0 Å². The van der Waals surface area contributed by atoms with Crippen molar-refractivity contribution >= 4 is 19.0 Å². The summed E-state index contributed by atoms with van der Waals surface area (Å²) in [5, 5.41) is 15.1. The molecule has 0 heterocycles. The Balaban J connectivity index is 0.000000852. The van der Waals surface area contributed by atoms with E-state index in [0.717, 1.165) is 68.6 Å². The molecule has 0 aliphatic heterocycles. The van der Waals surface area contributed by atoms with E-state index in [1.165, 1.54) is 0 Å². The lowest BCUT2D eigenvalue weighted by atomic mass is 9.92. The fourth-order valence-corrected chi connectivity index (χ4v) is 3.58. The van der Waals surface area contributed by atoms with Gasteiger partial charge in [0.15, 0.2) is 0 Å². The van der Waals surface area contributed by atoms with Crippen LogP contribution >= 0.6 is 0 Å². The van der Waals surface area contributed by atoms with Gasteiger partial charge in [-0.25, -0.2) is 5.01 Å².